The summed E-state index contributed by atoms with van der Waals surface area (Å²) >= 11 is 0. The summed E-state index contributed by atoms with van der Waals surface area (Å²) in [5, 5.41) is 18.0. The van der Waals surface area contributed by atoms with Crippen molar-refractivity contribution in [2.75, 3.05) is 26.7 Å². The molecule has 1 fully saturated rings. The summed E-state index contributed by atoms with van der Waals surface area (Å²) < 4.78 is 5.24. The molecule has 5 nitrogen and oxygen atoms in total. The monoisotopic (exact) mass is 315 g/mol. The Kier molecular flexibility index (Phi) is 4.98. The maximum atomic E-state index is 10.5. The fourth-order valence-corrected chi connectivity index (χ4v) is 3.31. The molecule has 0 spiro atoms. The van der Waals surface area contributed by atoms with Crippen LogP contribution in [-0.4, -0.2) is 46.9 Å². The molecule has 2 aromatic rings. The van der Waals surface area contributed by atoms with Crippen molar-refractivity contribution in [1.82, 2.24) is 15.1 Å². The van der Waals surface area contributed by atoms with E-state index in [9.17, 15) is 5.11 Å². The predicted octanol–water partition coefficient (Wildman–Crippen LogP) is 2.64. The number of likely N-dealkylation sites (tertiary alicyclic amines) is 1. The van der Waals surface area contributed by atoms with E-state index >= 15 is 0 Å². The van der Waals surface area contributed by atoms with Crippen molar-refractivity contribution in [1.29, 1.82) is 0 Å². The number of H-pyrrole nitrogens is 1. The molecule has 5 heteroatoms. The molecular weight excluding hydrogens is 290 g/mol. The Hall–Kier alpha value is -1.85. The first-order chi connectivity index (χ1) is 11.2. The summed E-state index contributed by atoms with van der Waals surface area (Å²) in [6, 6.07) is 9.80. The number of aliphatic hydroxyl groups excluding tert-OH is 1. The van der Waals surface area contributed by atoms with Crippen LogP contribution in [0.4, 0.5) is 0 Å². The average Bonchev–Trinajstić information content (AvgIpc) is 3.02. The molecule has 3 rings (SSSR count). The minimum atomic E-state index is -0.496. The van der Waals surface area contributed by atoms with Crippen LogP contribution >= 0.6 is 0 Å². The number of nitrogens with zero attached hydrogens (tertiary/aromatic N) is 2. The molecule has 1 aliphatic rings. The van der Waals surface area contributed by atoms with E-state index in [0.29, 0.717) is 12.5 Å². The van der Waals surface area contributed by atoms with Gasteiger partial charge in [0.1, 0.15) is 5.75 Å². The first-order valence-corrected chi connectivity index (χ1v) is 8.22. The highest BCUT2D eigenvalue weighted by molar-refractivity contribution is 5.30. The van der Waals surface area contributed by atoms with E-state index < -0.39 is 6.10 Å². The van der Waals surface area contributed by atoms with Crippen LogP contribution in [0.25, 0.3) is 0 Å². The third-order valence-corrected chi connectivity index (χ3v) is 4.56. The van der Waals surface area contributed by atoms with E-state index in [0.717, 1.165) is 48.6 Å². The summed E-state index contributed by atoms with van der Waals surface area (Å²) in [5.41, 5.74) is 3.15. The number of hydrogen-bond acceptors (Lipinski definition) is 4. The molecule has 2 unspecified atom stereocenters. The molecule has 0 saturated carbocycles. The Morgan fingerprint density at radius 1 is 1.43 bits per heavy atom. The summed E-state index contributed by atoms with van der Waals surface area (Å²) in [4.78, 5) is 2.34. The fourth-order valence-electron chi connectivity index (χ4n) is 3.31. The Morgan fingerprint density at radius 3 is 3.04 bits per heavy atom. The van der Waals surface area contributed by atoms with Crippen molar-refractivity contribution in [3.63, 3.8) is 0 Å². The zero-order valence-corrected chi connectivity index (χ0v) is 13.8. The van der Waals surface area contributed by atoms with Crippen molar-refractivity contribution in [2.45, 2.75) is 31.8 Å². The number of hydrogen-bond donors (Lipinski definition) is 2. The quantitative estimate of drug-likeness (QED) is 0.890. The van der Waals surface area contributed by atoms with Crippen molar-refractivity contribution < 1.29 is 9.84 Å². The second-order valence-corrected chi connectivity index (χ2v) is 6.37. The van der Waals surface area contributed by atoms with Gasteiger partial charge in [-0.05, 0) is 50.1 Å². The van der Waals surface area contributed by atoms with Crippen LogP contribution in [0.1, 0.15) is 41.8 Å². The molecule has 2 heterocycles. The van der Waals surface area contributed by atoms with Crippen LogP contribution in [0.15, 0.2) is 30.3 Å². The summed E-state index contributed by atoms with van der Waals surface area (Å²) in [5.74, 6) is 1.23. The van der Waals surface area contributed by atoms with Gasteiger partial charge in [0.15, 0.2) is 0 Å². The maximum Gasteiger partial charge on any atom is 0.119 e. The third kappa shape index (κ3) is 3.92. The standard InChI is InChI=1S/C18H25N3O2/c1-13-9-17(20-19-13)15-6-4-8-21(11-15)12-18(22)14-5-3-7-16(10-14)23-2/h3,5,7,9-10,15,18,22H,4,6,8,11-12H2,1-2H3,(H,19,20). The first kappa shape index (κ1) is 16.0. The zero-order chi connectivity index (χ0) is 16.2. The van der Waals surface area contributed by atoms with E-state index in [2.05, 4.69) is 21.2 Å². The molecule has 0 radical (unpaired) electrons. The third-order valence-electron chi connectivity index (χ3n) is 4.56. The van der Waals surface area contributed by atoms with Crippen LogP contribution in [0.2, 0.25) is 0 Å². The topological polar surface area (TPSA) is 61.4 Å². The minimum absolute atomic E-state index is 0.450. The zero-order valence-electron chi connectivity index (χ0n) is 13.8. The van der Waals surface area contributed by atoms with Gasteiger partial charge in [-0.25, -0.2) is 0 Å². The molecule has 1 aliphatic heterocycles. The summed E-state index contributed by atoms with van der Waals surface area (Å²) in [6.07, 6.45) is 1.81. The van der Waals surface area contributed by atoms with E-state index in [1.54, 1.807) is 7.11 Å². The van der Waals surface area contributed by atoms with Gasteiger partial charge >= 0.3 is 0 Å². The fraction of sp³-hybridized carbons (Fsp3) is 0.500. The molecule has 124 valence electrons. The molecule has 2 N–H and O–H groups in total. The van der Waals surface area contributed by atoms with Crippen molar-refractivity contribution in [2.24, 2.45) is 0 Å². The second kappa shape index (κ2) is 7.15. The molecule has 1 aromatic heterocycles. The SMILES string of the molecule is COc1cccc(C(O)CN2CCCC(c3cc(C)[nH]n3)C2)c1. The van der Waals surface area contributed by atoms with Crippen molar-refractivity contribution in [3.8, 4) is 5.75 Å². The van der Waals surface area contributed by atoms with Gasteiger partial charge in [-0.3, -0.25) is 10.00 Å². The lowest BCUT2D eigenvalue weighted by atomic mass is 9.94. The predicted molar refractivity (Wildman–Crippen MR) is 89.7 cm³/mol. The number of aryl methyl sites for hydroxylation is 1. The van der Waals surface area contributed by atoms with Gasteiger partial charge in [0.2, 0.25) is 0 Å². The molecule has 1 saturated heterocycles. The largest absolute Gasteiger partial charge is 0.497 e. The van der Waals surface area contributed by atoms with Gasteiger partial charge in [-0.15, -0.1) is 0 Å². The van der Waals surface area contributed by atoms with Gasteiger partial charge in [-0.2, -0.15) is 5.10 Å². The van der Waals surface area contributed by atoms with Crippen LogP contribution in [0.5, 0.6) is 5.75 Å². The van der Waals surface area contributed by atoms with Crippen molar-refractivity contribution >= 4 is 0 Å². The highest BCUT2D eigenvalue weighted by Gasteiger charge is 2.25. The van der Waals surface area contributed by atoms with Gasteiger partial charge < -0.3 is 9.84 Å². The average molecular weight is 315 g/mol. The number of piperidine rings is 1. The molecule has 1 aromatic carbocycles. The molecule has 0 amide bonds. The molecule has 0 aliphatic carbocycles. The maximum absolute atomic E-state index is 10.5. The molecular formula is C18H25N3O2. The number of aromatic nitrogens is 2. The molecule has 2 atom stereocenters. The van der Waals surface area contributed by atoms with Gasteiger partial charge in [-0.1, -0.05) is 12.1 Å². The number of β-amino-alcohol motifs (C(OH)–C–C–N with tert-alkyl or cyclic N) is 1. The van der Waals surface area contributed by atoms with Gasteiger partial charge in [0.25, 0.3) is 0 Å². The lowest BCUT2D eigenvalue weighted by Crippen LogP contribution is -2.37. The Bertz CT molecular complexity index is 641. The van der Waals surface area contributed by atoms with Crippen LogP contribution < -0.4 is 4.74 Å². The number of aliphatic hydroxyl groups is 1. The van der Waals surface area contributed by atoms with Crippen molar-refractivity contribution in [3.05, 3.63) is 47.3 Å². The number of benzene rings is 1. The summed E-state index contributed by atoms with van der Waals surface area (Å²) in [6.45, 7) is 4.66. The Labute approximate surface area is 137 Å². The highest BCUT2D eigenvalue weighted by atomic mass is 16.5. The van der Waals surface area contributed by atoms with Crippen LogP contribution in [0.3, 0.4) is 0 Å². The normalized spacial score (nSPS) is 20.4. The Morgan fingerprint density at radius 2 is 2.30 bits per heavy atom. The van der Waals surface area contributed by atoms with E-state index in [1.165, 1.54) is 0 Å². The van der Waals surface area contributed by atoms with Crippen LogP contribution in [-0.2, 0) is 0 Å². The van der Waals surface area contributed by atoms with E-state index in [-0.39, 0.29) is 0 Å². The van der Waals surface area contributed by atoms with Gasteiger partial charge in [0, 0.05) is 24.7 Å². The number of rotatable bonds is 5. The second-order valence-electron chi connectivity index (χ2n) is 6.37. The number of ether oxygens (including phenoxy) is 1. The van der Waals surface area contributed by atoms with Crippen LogP contribution in [0, 0.1) is 6.92 Å². The van der Waals surface area contributed by atoms with E-state index in [4.69, 9.17) is 4.74 Å². The lowest BCUT2D eigenvalue weighted by molar-refractivity contribution is 0.0948. The molecule has 23 heavy (non-hydrogen) atoms. The lowest BCUT2D eigenvalue weighted by Gasteiger charge is -2.33. The summed E-state index contributed by atoms with van der Waals surface area (Å²) in [7, 11) is 1.65. The first-order valence-electron chi connectivity index (χ1n) is 8.22. The minimum Gasteiger partial charge on any atom is -0.497 e. The highest BCUT2D eigenvalue weighted by Crippen LogP contribution is 2.28. The van der Waals surface area contributed by atoms with E-state index in [1.807, 2.05) is 31.2 Å². The van der Waals surface area contributed by atoms with Gasteiger partial charge in [0.05, 0.1) is 18.9 Å². The smallest absolute Gasteiger partial charge is 0.119 e. The number of nitrogens with one attached hydrogen (secondary N) is 1. The number of methoxy groups -OCH3 is 1. The Balaban J connectivity index is 1.62. The number of aromatic amines is 1. The molecule has 0 bridgehead atoms.